The van der Waals surface area contributed by atoms with Gasteiger partial charge in [0.05, 0.1) is 0 Å². The molecule has 2 nitrogen and oxygen atoms in total. The summed E-state index contributed by atoms with van der Waals surface area (Å²) in [5, 5.41) is 8.88. The molecular formula is C12H26O2Si. The standard InChI is InChI=1S/C12H26O2Si/c1-12(2,3)15(4,5)14-11-9-7-6-8-10-13/h6-7,13H,8-11H2,1-5H3/b7-6-. The van der Waals surface area contributed by atoms with Gasteiger partial charge in [-0.2, -0.15) is 0 Å². The van der Waals surface area contributed by atoms with Crippen LogP contribution in [-0.2, 0) is 4.43 Å². The summed E-state index contributed by atoms with van der Waals surface area (Å²) in [5.74, 6) is 0. The average molecular weight is 230 g/mol. The van der Waals surface area contributed by atoms with Crippen LogP contribution in [0.2, 0.25) is 18.1 Å². The molecule has 0 aromatic carbocycles. The third kappa shape index (κ3) is 6.13. The van der Waals surface area contributed by atoms with Crippen molar-refractivity contribution in [1.82, 2.24) is 0 Å². The van der Waals surface area contributed by atoms with Crippen LogP contribution in [0.15, 0.2) is 12.2 Å². The van der Waals surface area contributed by atoms with Crippen molar-refractivity contribution in [2.75, 3.05) is 13.2 Å². The van der Waals surface area contributed by atoms with Crippen LogP contribution in [0.3, 0.4) is 0 Å². The minimum Gasteiger partial charge on any atom is -0.417 e. The first-order valence-electron chi connectivity index (χ1n) is 5.71. The largest absolute Gasteiger partial charge is 0.417 e. The van der Waals surface area contributed by atoms with E-state index in [4.69, 9.17) is 9.53 Å². The van der Waals surface area contributed by atoms with Gasteiger partial charge in [0, 0.05) is 13.2 Å². The molecule has 1 N–H and O–H groups in total. The summed E-state index contributed by atoms with van der Waals surface area (Å²) in [6.45, 7) is 12.3. The van der Waals surface area contributed by atoms with E-state index in [-0.39, 0.29) is 6.61 Å². The molecule has 0 atom stereocenters. The summed E-state index contributed by atoms with van der Waals surface area (Å²) in [5.41, 5.74) is 0. The van der Waals surface area contributed by atoms with Crippen LogP contribution < -0.4 is 0 Å². The molecular weight excluding hydrogens is 204 g/mol. The van der Waals surface area contributed by atoms with E-state index >= 15 is 0 Å². The van der Waals surface area contributed by atoms with Crippen molar-refractivity contribution in [3.63, 3.8) is 0 Å². The number of rotatable bonds is 6. The summed E-state index contributed by atoms with van der Waals surface area (Å²) in [4.78, 5) is 0. The molecule has 0 aliphatic rings. The Morgan fingerprint density at radius 2 is 1.67 bits per heavy atom. The Kier molecular flexibility index (Phi) is 6.40. The zero-order chi connectivity index (χ0) is 11.9. The maximum atomic E-state index is 8.58. The Morgan fingerprint density at radius 1 is 1.13 bits per heavy atom. The summed E-state index contributed by atoms with van der Waals surface area (Å²) < 4.78 is 6.00. The summed E-state index contributed by atoms with van der Waals surface area (Å²) in [7, 11) is -1.56. The van der Waals surface area contributed by atoms with E-state index in [0.717, 1.165) is 19.4 Å². The van der Waals surface area contributed by atoms with Gasteiger partial charge in [-0.25, -0.2) is 0 Å². The van der Waals surface area contributed by atoms with Gasteiger partial charge in [0.15, 0.2) is 8.32 Å². The number of hydrogen-bond donors (Lipinski definition) is 1. The SMILES string of the molecule is CC(C)(C)[Si](C)(C)OCC/C=C\CCO. The molecule has 0 radical (unpaired) electrons. The third-order valence-corrected chi connectivity index (χ3v) is 7.55. The van der Waals surface area contributed by atoms with Gasteiger partial charge in [-0.1, -0.05) is 32.9 Å². The highest BCUT2D eigenvalue weighted by Crippen LogP contribution is 2.36. The van der Waals surface area contributed by atoms with Crippen molar-refractivity contribution in [2.45, 2.75) is 51.7 Å². The van der Waals surface area contributed by atoms with Crippen LogP contribution in [0.1, 0.15) is 33.6 Å². The zero-order valence-electron chi connectivity index (χ0n) is 10.8. The van der Waals surface area contributed by atoms with E-state index in [1.807, 2.05) is 6.08 Å². The van der Waals surface area contributed by atoms with Crippen LogP contribution in [0.5, 0.6) is 0 Å². The monoisotopic (exact) mass is 230 g/mol. The highest BCUT2D eigenvalue weighted by Gasteiger charge is 2.36. The van der Waals surface area contributed by atoms with Crippen molar-refractivity contribution in [1.29, 1.82) is 0 Å². The lowest BCUT2D eigenvalue weighted by Gasteiger charge is -2.36. The Balaban J connectivity index is 3.76. The Bertz CT molecular complexity index is 192. The number of hydrogen-bond acceptors (Lipinski definition) is 2. The summed E-state index contributed by atoms with van der Waals surface area (Å²) in [6.07, 6.45) is 5.80. The van der Waals surface area contributed by atoms with Crippen LogP contribution >= 0.6 is 0 Å². The molecule has 0 bridgehead atoms. The predicted molar refractivity (Wildman–Crippen MR) is 68.6 cm³/mol. The molecule has 0 saturated heterocycles. The second-order valence-electron chi connectivity index (χ2n) is 5.38. The van der Waals surface area contributed by atoms with Crippen LogP contribution in [0, 0.1) is 0 Å². The lowest BCUT2D eigenvalue weighted by Crippen LogP contribution is -2.40. The molecule has 0 heterocycles. The zero-order valence-corrected chi connectivity index (χ0v) is 11.8. The summed E-state index contributed by atoms with van der Waals surface area (Å²) in [6, 6.07) is 0. The second kappa shape index (κ2) is 6.46. The molecule has 0 spiro atoms. The van der Waals surface area contributed by atoms with Gasteiger partial charge in [-0.3, -0.25) is 0 Å². The molecule has 15 heavy (non-hydrogen) atoms. The minimum atomic E-state index is -1.56. The topological polar surface area (TPSA) is 29.5 Å². The van der Waals surface area contributed by atoms with Gasteiger partial charge < -0.3 is 9.53 Å². The Hall–Kier alpha value is -0.123. The average Bonchev–Trinajstić information content (AvgIpc) is 2.09. The van der Waals surface area contributed by atoms with E-state index in [2.05, 4.69) is 39.9 Å². The van der Waals surface area contributed by atoms with E-state index in [1.54, 1.807) is 0 Å². The fraction of sp³-hybridized carbons (Fsp3) is 0.833. The molecule has 0 rings (SSSR count). The van der Waals surface area contributed by atoms with Gasteiger partial charge in [-0.15, -0.1) is 0 Å². The molecule has 0 saturated carbocycles. The van der Waals surface area contributed by atoms with E-state index in [1.165, 1.54) is 0 Å². The quantitative estimate of drug-likeness (QED) is 0.431. The number of aliphatic hydroxyl groups is 1. The molecule has 0 amide bonds. The van der Waals surface area contributed by atoms with Crippen LogP contribution in [0.4, 0.5) is 0 Å². The highest BCUT2D eigenvalue weighted by molar-refractivity contribution is 6.74. The fourth-order valence-corrected chi connectivity index (χ4v) is 1.97. The van der Waals surface area contributed by atoms with Gasteiger partial charge in [0.25, 0.3) is 0 Å². The van der Waals surface area contributed by atoms with Crippen molar-refractivity contribution in [3.8, 4) is 0 Å². The van der Waals surface area contributed by atoms with Crippen molar-refractivity contribution < 1.29 is 9.53 Å². The molecule has 0 aromatic rings. The molecule has 0 aromatic heterocycles. The molecule has 0 unspecified atom stereocenters. The smallest absolute Gasteiger partial charge is 0.191 e. The fourth-order valence-electron chi connectivity index (χ4n) is 0.909. The lowest BCUT2D eigenvalue weighted by atomic mass is 10.2. The van der Waals surface area contributed by atoms with Gasteiger partial charge in [0.1, 0.15) is 0 Å². The maximum Gasteiger partial charge on any atom is 0.191 e. The second-order valence-corrected chi connectivity index (χ2v) is 10.2. The van der Waals surface area contributed by atoms with E-state index < -0.39 is 8.32 Å². The van der Waals surface area contributed by atoms with Crippen molar-refractivity contribution in [3.05, 3.63) is 12.2 Å². The number of aliphatic hydroxyl groups excluding tert-OH is 1. The first-order chi connectivity index (χ1) is 6.81. The first kappa shape index (κ1) is 14.9. The highest BCUT2D eigenvalue weighted by atomic mass is 28.4. The van der Waals surface area contributed by atoms with Crippen LogP contribution in [0.25, 0.3) is 0 Å². The molecule has 0 aliphatic carbocycles. The minimum absolute atomic E-state index is 0.236. The molecule has 0 aliphatic heterocycles. The van der Waals surface area contributed by atoms with E-state index in [0.29, 0.717) is 5.04 Å². The Labute approximate surface area is 95.5 Å². The molecule has 0 fully saturated rings. The summed E-state index contributed by atoms with van der Waals surface area (Å²) >= 11 is 0. The van der Waals surface area contributed by atoms with Crippen molar-refractivity contribution >= 4 is 8.32 Å². The first-order valence-corrected chi connectivity index (χ1v) is 8.62. The van der Waals surface area contributed by atoms with Gasteiger partial charge in [-0.05, 0) is 31.0 Å². The lowest BCUT2D eigenvalue weighted by molar-refractivity contribution is 0.293. The van der Waals surface area contributed by atoms with Crippen LogP contribution in [-0.4, -0.2) is 26.6 Å². The Morgan fingerprint density at radius 3 is 2.13 bits per heavy atom. The van der Waals surface area contributed by atoms with Crippen molar-refractivity contribution in [2.24, 2.45) is 0 Å². The van der Waals surface area contributed by atoms with E-state index in [9.17, 15) is 0 Å². The maximum absolute atomic E-state index is 8.58. The normalized spacial score (nSPS) is 13.7. The molecule has 90 valence electrons. The predicted octanol–water partition coefficient (Wildman–Crippen LogP) is 3.34. The van der Waals surface area contributed by atoms with Gasteiger partial charge in [0.2, 0.25) is 0 Å². The third-order valence-electron chi connectivity index (χ3n) is 3.02. The molecule has 3 heteroatoms. The van der Waals surface area contributed by atoms with Gasteiger partial charge >= 0.3 is 0 Å².